The van der Waals surface area contributed by atoms with Gasteiger partial charge in [-0.1, -0.05) is 28.1 Å². The van der Waals surface area contributed by atoms with Gasteiger partial charge in [0.05, 0.1) is 0 Å². The lowest BCUT2D eigenvalue weighted by Crippen LogP contribution is -2.37. The molecule has 23 heavy (non-hydrogen) atoms. The van der Waals surface area contributed by atoms with Gasteiger partial charge < -0.3 is 10.2 Å². The van der Waals surface area contributed by atoms with Gasteiger partial charge in [0.2, 0.25) is 0 Å². The Hall–Kier alpha value is -1.10. The van der Waals surface area contributed by atoms with Gasteiger partial charge >= 0.3 is 0 Å². The van der Waals surface area contributed by atoms with Crippen LogP contribution in [-0.2, 0) is 0 Å². The first-order valence-corrected chi connectivity index (χ1v) is 8.61. The molecular weight excluding hydrogens is 376 g/mol. The summed E-state index contributed by atoms with van der Waals surface area (Å²) in [5, 5.41) is 5.65. The topological polar surface area (TPSA) is 32.3 Å². The van der Waals surface area contributed by atoms with Crippen LogP contribution in [0.25, 0.3) is 10.8 Å². The molecule has 0 bridgehead atoms. The molecule has 124 valence electrons. The molecule has 0 saturated carbocycles. The number of halogens is 2. The third kappa shape index (κ3) is 4.25. The number of hydrogen-bond donors (Lipinski definition) is 1. The maximum atomic E-state index is 12.8. The maximum absolute atomic E-state index is 12.8. The lowest BCUT2D eigenvalue weighted by molar-refractivity contribution is 0.0720. The van der Waals surface area contributed by atoms with Crippen LogP contribution in [0.4, 0.5) is 0 Å². The van der Waals surface area contributed by atoms with Gasteiger partial charge in [-0.05, 0) is 67.4 Å². The van der Waals surface area contributed by atoms with Crippen LogP contribution in [0, 0.1) is 0 Å². The summed E-state index contributed by atoms with van der Waals surface area (Å²) in [6, 6.07) is 12.4. The summed E-state index contributed by atoms with van der Waals surface area (Å²) in [5.41, 5.74) is 0.773. The average molecular weight is 398 g/mol. The fraction of sp³-hybridized carbons (Fsp3) is 0.389. The minimum absolute atomic E-state index is 0. The van der Waals surface area contributed by atoms with E-state index in [-0.39, 0.29) is 18.3 Å². The van der Waals surface area contributed by atoms with Gasteiger partial charge in [-0.15, -0.1) is 12.4 Å². The number of benzene rings is 2. The van der Waals surface area contributed by atoms with E-state index in [4.69, 9.17) is 0 Å². The molecule has 2 aromatic carbocycles. The van der Waals surface area contributed by atoms with Crippen molar-refractivity contribution in [2.45, 2.75) is 25.3 Å². The zero-order chi connectivity index (χ0) is 15.5. The summed E-state index contributed by atoms with van der Waals surface area (Å²) in [6.45, 7) is 2.05. The normalized spacial score (nSPS) is 18.1. The molecule has 0 aliphatic carbocycles. The van der Waals surface area contributed by atoms with E-state index < -0.39 is 0 Å². The first-order valence-electron chi connectivity index (χ1n) is 7.82. The van der Waals surface area contributed by atoms with Crippen molar-refractivity contribution in [1.29, 1.82) is 0 Å². The van der Waals surface area contributed by atoms with Crippen LogP contribution >= 0.6 is 28.3 Å². The second-order valence-electron chi connectivity index (χ2n) is 5.96. The molecule has 1 atom stereocenters. The molecule has 1 aliphatic rings. The monoisotopic (exact) mass is 396 g/mol. The SMILES string of the molecule is CN(C(=O)c1ccc2cc(Br)ccc2c1)C1CCCNCC1.Cl. The molecule has 2 aromatic rings. The Morgan fingerprint density at radius 1 is 1.13 bits per heavy atom. The first kappa shape index (κ1) is 18.2. The van der Waals surface area contributed by atoms with E-state index >= 15 is 0 Å². The fourth-order valence-electron chi connectivity index (χ4n) is 3.11. The molecule has 1 heterocycles. The quantitative estimate of drug-likeness (QED) is 0.822. The predicted octanol–water partition coefficient (Wildman–Crippen LogP) is 4.24. The molecule has 1 N–H and O–H groups in total. The number of carbonyl (C=O) groups is 1. The van der Waals surface area contributed by atoms with Crippen molar-refractivity contribution < 1.29 is 4.79 Å². The Labute approximate surface area is 152 Å². The third-order valence-electron chi connectivity index (χ3n) is 4.46. The van der Waals surface area contributed by atoms with Gasteiger partial charge in [0.25, 0.3) is 5.91 Å². The maximum Gasteiger partial charge on any atom is 0.253 e. The summed E-state index contributed by atoms with van der Waals surface area (Å²) in [7, 11) is 1.93. The van der Waals surface area contributed by atoms with Crippen molar-refractivity contribution in [3.8, 4) is 0 Å². The van der Waals surface area contributed by atoms with Crippen molar-refractivity contribution in [3.63, 3.8) is 0 Å². The standard InChI is InChI=1S/C18H21BrN2O.ClH/c1-21(17-3-2-9-20-10-8-17)18(22)15-5-4-14-12-16(19)7-6-13(14)11-15;/h4-7,11-12,17,20H,2-3,8-10H2,1H3;1H. The molecule has 1 amide bonds. The van der Waals surface area contributed by atoms with Crippen LogP contribution < -0.4 is 5.32 Å². The van der Waals surface area contributed by atoms with E-state index in [2.05, 4.69) is 27.3 Å². The molecule has 3 rings (SSSR count). The highest BCUT2D eigenvalue weighted by atomic mass is 79.9. The third-order valence-corrected chi connectivity index (χ3v) is 4.96. The van der Waals surface area contributed by atoms with Gasteiger partial charge in [0.15, 0.2) is 0 Å². The van der Waals surface area contributed by atoms with Gasteiger partial charge in [0, 0.05) is 23.1 Å². The minimum atomic E-state index is 0. The molecule has 3 nitrogen and oxygen atoms in total. The Balaban J connectivity index is 0.00000192. The van der Waals surface area contributed by atoms with Crippen molar-refractivity contribution in [2.75, 3.05) is 20.1 Å². The number of carbonyl (C=O) groups excluding carboxylic acids is 1. The van der Waals surface area contributed by atoms with E-state index in [1.54, 1.807) is 0 Å². The number of nitrogens with zero attached hydrogens (tertiary/aromatic N) is 1. The van der Waals surface area contributed by atoms with Crippen LogP contribution in [0.1, 0.15) is 29.6 Å². The number of amides is 1. The second kappa shape index (κ2) is 8.13. The van der Waals surface area contributed by atoms with E-state index in [9.17, 15) is 4.79 Å². The minimum Gasteiger partial charge on any atom is -0.339 e. The predicted molar refractivity (Wildman–Crippen MR) is 101 cm³/mol. The van der Waals surface area contributed by atoms with Gasteiger partial charge in [-0.25, -0.2) is 0 Å². The van der Waals surface area contributed by atoms with Crippen LogP contribution in [0.15, 0.2) is 40.9 Å². The molecule has 1 unspecified atom stereocenters. The number of fused-ring (bicyclic) bond motifs is 1. The Morgan fingerprint density at radius 2 is 1.87 bits per heavy atom. The molecular formula is C18H22BrClN2O. The summed E-state index contributed by atoms with van der Waals surface area (Å²) in [6.07, 6.45) is 3.24. The zero-order valence-corrected chi connectivity index (χ0v) is 15.6. The first-order chi connectivity index (χ1) is 10.6. The lowest BCUT2D eigenvalue weighted by Gasteiger charge is -2.27. The van der Waals surface area contributed by atoms with Crippen molar-refractivity contribution in [1.82, 2.24) is 10.2 Å². The molecule has 0 spiro atoms. The fourth-order valence-corrected chi connectivity index (χ4v) is 3.49. The van der Waals surface area contributed by atoms with E-state index in [1.165, 1.54) is 0 Å². The largest absolute Gasteiger partial charge is 0.339 e. The molecule has 1 saturated heterocycles. The van der Waals surface area contributed by atoms with Crippen LogP contribution in [-0.4, -0.2) is 37.0 Å². The highest BCUT2D eigenvalue weighted by Crippen LogP contribution is 2.22. The average Bonchev–Trinajstić information content (AvgIpc) is 2.82. The van der Waals surface area contributed by atoms with Crippen LogP contribution in [0.3, 0.4) is 0 Å². The zero-order valence-electron chi connectivity index (χ0n) is 13.2. The van der Waals surface area contributed by atoms with Gasteiger partial charge in [0.1, 0.15) is 0 Å². The van der Waals surface area contributed by atoms with Gasteiger partial charge in [-0.2, -0.15) is 0 Å². The molecule has 1 fully saturated rings. The Kier molecular flexibility index (Phi) is 6.45. The van der Waals surface area contributed by atoms with E-state index in [0.717, 1.165) is 53.2 Å². The number of rotatable bonds is 2. The van der Waals surface area contributed by atoms with Crippen molar-refractivity contribution in [2.24, 2.45) is 0 Å². The summed E-state index contributed by atoms with van der Waals surface area (Å²) < 4.78 is 1.06. The smallest absolute Gasteiger partial charge is 0.253 e. The Morgan fingerprint density at radius 3 is 2.70 bits per heavy atom. The highest BCUT2D eigenvalue weighted by Gasteiger charge is 2.22. The number of hydrogen-bond acceptors (Lipinski definition) is 2. The van der Waals surface area contributed by atoms with Crippen molar-refractivity contribution >= 4 is 45.0 Å². The van der Waals surface area contributed by atoms with Crippen molar-refractivity contribution in [3.05, 3.63) is 46.4 Å². The van der Waals surface area contributed by atoms with E-state index in [1.807, 2.05) is 42.3 Å². The summed E-state index contributed by atoms with van der Waals surface area (Å²) in [4.78, 5) is 14.7. The molecule has 0 radical (unpaired) electrons. The molecule has 5 heteroatoms. The summed E-state index contributed by atoms with van der Waals surface area (Å²) >= 11 is 3.48. The second-order valence-corrected chi connectivity index (χ2v) is 6.87. The van der Waals surface area contributed by atoms with Crippen LogP contribution in [0.5, 0.6) is 0 Å². The van der Waals surface area contributed by atoms with Gasteiger partial charge in [-0.3, -0.25) is 4.79 Å². The van der Waals surface area contributed by atoms with E-state index in [0.29, 0.717) is 6.04 Å². The Bertz CT molecular complexity index is 684. The number of nitrogens with one attached hydrogen (secondary N) is 1. The summed E-state index contributed by atoms with van der Waals surface area (Å²) in [5.74, 6) is 0.122. The van der Waals surface area contributed by atoms with Crippen LogP contribution in [0.2, 0.25) is 0 Å². The molecule has 0 aromatic heterocycles. The highest BCUT2D eigenvalue weighted by molar-refractivity contribution is 9.10. The lowest BCUT2D eigenvalue weighted by atomic mass is 10.0. The molecule has 1 aliphatic heterocycles.